The number of benzene rings is 4. The molecule has 0 N–H and O–H groups in total. The molecule has 14 heteroatoms. The van der Waals surface area contributed by atoms with Crippen LogP contribution in [0.15, 0.2) is 115 Å². The maximum absolute atomic E-state index is 16.3. The quantitative estimate of drug-likeness (QED) is 0.0839. The van der Waals surface area contributed by atoms with Crippen LogP contribution in [0.2, 0.25) is 5.04 Å². The summed E-state index contributed by atoms with van der Waals surface area (Å²) in [5.74, 6) is -1.48. The number of unbranched alkanes of at least 4 members (excludes halogenated alkanes) is 2. The fourth-order valence-corrected chi connectivity index (χ4v) is 15.4. The molecular weight excluding hydrogens is 895 g/mol. The molecule has 4 aromatic heterocycles. The zero-order valence-electron chi connectivity index (χ0n) is 40.0. The summed E-state index contributed by atoms with van der Waals surface area (Å²) < 4.78 is 54.4. The second-order valence-electron chi connectivity index (χ2n) is 19.7. The Morgan fingerprint density at radius 2 is 1.57 bits per heavy atom. The third-order valence-electron chi connectivity index (χ3n) is 12.9. The second kappa shape index (κ2) is 18.7. The van der Waals surface area contributed by atoms with Gasteiger partial charge >= 0.3 is 6.09 Å². The number of hydrogen-bond donors (Lipinski definition) is 0. The van der Waals surface area contributed by atoms with Crippen LogP contribution in [0.1, 0.15) is 72.9 Å². The Morgan fingerprint density at radius 3 is 2.25 bits per heavy atom. The molecule has 68 heavy (non-hydrogen) atoms. The van der Waals surface area contributed by atoms with E-state index in [1.165, 1.54) is 34.9 Å². The number of amides is 1. The lowest BCUT2D eigenvalue weighted by Crippen LogP contribution is -2.66. The summed E-state index contributed by atoms with van der Waals surface area (Å²) >= 11 is 1.44. The van der Waals surface area contributed by atoms with Crippen LogP contribution in [-0.4, -0.2) is 69.2 Å². The molecule has 4 aromatic carbocycles. The van der Waals surface area contributed by atoms with Gasteiger partial charge in [0.25, 0.3) is 8.32 Å². The Hall–Kier alpha value is -6.22. The number of carbonyl (C=O) groups is 1. The van der Waals surface area contributed by atoms with Gasteiger partial charge in [0.1, 0.15) is 34.4 Å². The Labute approximate surface area is 401 Å². The lowest BCUT2D eigenvalue weighted by atomic mass is 9.96. The largest absolute Gasteiger partial charge is 0.496 e. The summed E-state index contributed by atoms with van der Waals surface area (Å²) in [6.07, 6.45) is 4.76. The number of pyridine rings is 1. The molecule has 1 amide bonds. The van der Waals surface area contributed by atoms with Gasteiger partial charge in [-0.1, -0.05) is 100 Å². The molecule has 8 aromatic rings. The Kier molecular flexibility index (Phi) is 12.9. The number of methoxy groups -OCH3 is 1. The number of rotatable bonds is 13. The van der Waals surface area contributed by atoms with Crippen molar-refractivity contribution in [2.24, 2.45) is 7.05 Å². The van der Waals surface area contributed by atoms with Crippen molar-refractivity contribution in [1.82, 2.24) is 29.4 Å². The topological polar surface area (TPSA) is 96.5 Å². The summed E-state index contributed by atoms with van der Waals surface area (Å²) in [4.78, 5) is 21.2. The van der Waals surface area contributed by atoms with Gasteiger partial charge in [-0.15, -0.1) is 11.3 Å². The number of nitrogens with zero attached hydrogens (tertiary/aromatic N) is 6. The highest BCUT2D eigenvalue weighted by Crippen LogP contribution is 2.47. The first-order chi connectivity index (χ1) is 32.6. The Balaban J connectivity index is 1.04. The summed E-state index contributed by atoms with van der Waals surface area (Å²) in [5, 5.41) is 15.7. The average Bonchev–Trinajstić information content (AvgIpc) is 4.06. The molecule has 1 aliphatic rings. The lowest BCUT2D eigenvalue weighted by Gasteiger charge is -2.43. The van der Waals surface area contributed by atoms with Crippen LogP contribution in [0.4, 0.5) is 13.6 Å². The minimum absolute atomic E-state index is 0.0434. The standard InChI is InChI=1S/C54H58F2N6O4SSi/c1-53(2,3)66-52(63)61-33-39-31-44(59-62(39)34-38(61)18-12-11-17-26-65-68(54(4,5)6,40-19-13-9-14-20-40)41-21-15-10-16-22-41)50-48(47-43(56)29-37(55)30-46(47)64-8)51-42(25-27-67-51)49(58-50)35-23-24-45-36(28-35)32-57-60(45)7/h9-10,13-16,19-25,27-32,38H,11-12,17-18,26,33-34H2,1-8H3/t38-/m1/s1. The molecule has 1 aliphatic heterocycles. The highest BCUT2D eigenvalue weighted by atomic mass is 32.1. The highest BCUT2D eigenvalue weighted by Gasteiger charge is 2.50. The minimum atomic E-state index is -2.67. The number of carbonyl (C=O) groups excluding carboxylic acids is 1. The smallest absolute Gasteiger partial charge is 0.410 e. The van der Waals surface area contributed by atoms with Crippen molar-refractivity contribution in [3.63, 3.8) is 0 Å². The zero-order valence-corrected chi connectivity index (χ0v) is 41.8. The molecule has 0 bridgehead atoms. The van der Waals surface area contributed by atoms with Crippen molar-refractivity contribution in [2.45, 2.75) is 97.0 Å². The SMILES string of the molecule is COc1cc(F)cc(F)c1-c1c(-c2cc3n(n2)C[C@@H](CCCCCO[Si](c2ccccc2)(c2ccccc2)C(C)(C)C)N(C(=O)OC(C)(C)C)C3)nc(-c2ccc3c(cnn3C)c2)c2ccsc12. The molecule has 0 saturated heterocycles. The maximum Gasteiger partial charge on any atom is 0.410 e. The molecule has 9 rings (SSSR count). The molecule has 0 fully saturated rings. The molecule has 0 spiro atoms. The van der Waals surface area contributed by atoms with Crippen molar-refractivity contribution in [1.29, 1.82) is 0 Å². The van der Waals surface area contributed by atoms with E-state index in [2.05, 4.69) is 86.5 Å². The number of hydrogen-bond acceptors (Lipinski definition) is 8. The fourth-order valence-electron chi connectivity index (χ4n) is 9.81. The minimum Gasteiger partial charge on any atom is -0.496 e. The van der Waals surface area contributed by atoms with E-state index < -0.39 is 31.6 Å². The van der Waals surface area contributed by atoms with Gasteiger partial charge in [-0.25, -0.2) is 18.6 Å². The van der Waals surface area contributed by atoms with Crippen LogP contribution in [0.5, 0.6) is 5.75 Å². The van der Waals surface area contributed by atoms with E-state index in [-0.39, 0.29) is 28.9 Å². The number of aryl methyl sites for hydroxylation is 1. The summed E-state index contributed by atoms with van der Waals surface area (Å²) in [6, 6.07) is 33.2. The zero-order chi connectivity index (χ0) is 48.0. The predicted octanol–water partition coefficient (Wildman–Crippen LogP) is 11.9. The molecule has 5 heterocycles. The van der Waals surface area contributed by atoms with Gasteiger partial charge in [-0.3, -0.25) is 14.3 Å². The van der Waals surface area contributed by atoms with Crippen LogP contribution in [-0.2, 0) is 29.3 Å². The van der Waals surface area contributed by atoms with Gasteiger partial charge < -0.3 is 13.9 Å². The molecule has 0 saturated carbocycles. The van der Waals surface area contributed by atoms with Crippen molar-refractivity contribution in [3.05, 3.63) is 132 Å². The van der Waals surface area contributed by atoms with E-state index in [4.69, 9.17) is 24.0 Å². The molecule has 0 unspecified atom stereocenters. The van der Waals surface area contributed by atoms with E-state index >= 15 is 4.39 Å². The van der Waals surface area contributed by atoms with Gasteiger partial charge in [-0.05, 0) is 78.7 Å². The van der Waals surface area contributed by atoms with Gasteiger partial charge in [0.05, 0.1) is 54.9 Å². The van der Waals surface area contributed by atoms with Crippen LogP contribution in [0, 0.1) is 11.6 Å². The summed E-state index contributed by atoms with van der Waals surface area (Å²) in [7, 11) is 0.630. The Bertz CT molecular complexity index is 3060. The molecule has 1 atom stereocenters. The molecule has 352 valence electrons. The van der Waals surface area contributed by atoms with Crippen molar-refractivity contribution in [3.8, 4) is 39.5 Å². The predicted molar refractivity (Wildman–Crippen MR) is 270 cm³/mol. The van der Waals surface area contributed by atoms with Crippen molar-refractivity contribution in [2.75, 3.05) is 13.7 Å². The first kappa shape index (κ1) is 46.9. The molecule has 0 radical (unpaired) electrons. The molecule has 10 nitrogen and oxygen atoms in total. The van der Waals surface area contributed by atoms with Crippen LogP contribution in [0.3, 0.4) is 0 Å². The summed E-state index contributed by atoms with van der Waals surface area (Å²) in [6.45, 7) is 13.8. The average molecular weight is 953 g/mol. The highest BCUT2D eigenvalue weighted by molar-refractivity contribution is 7.18. The monoisotopic (exact) mass is 952 g/mol. The van der Waals surface area contributed by atoms with Gasteiger partial charge in [-0.2, -0.15) is 10.2 Å². The Morgan fingerprint density at radius 1 is 0.853 bits per heavy atom. The normalized spacial score (nSPS) is 14.4. The van der Waals surface area contributed by atoms with E-state index in [1.807, 2.05) is 84.0 Å². The second-order valence-corrected chi connectivity index (χ2v) is 24.9. The van der Waals surface area contributed by atoms with E-state index in [0.717, 1.165) is 64.0 Å². The maximum atomic E-state index is 16.3. The fraction of sp³-hybridized carbons (Fsp3) is 0.333. The number of ether oxygens (including phenoxy) is 2. The first-order valence-electron chi connectivity index (χ1n) is 23.2. The number of fused-ring (bicyclic) bond motifs is 3. The van der Waals surface area contributed by atoms with Gasteiger partial charge in [0.2, 0.25) is 0 Å². The van der Waals surface area contributed by atoms with Crippen molar-refractivity contribution < 1.29 is 27.5 Å². The van der Waals surface area contributed by atoms with Crippen molar-refractivity contribution >= 4 is 57.1 Å². The first-order valence-corrected chi connectivity index (χ1v) is 26.0. The van der Waals surface area contributed by atoms with Gasteiger partial charge in [0.15, 0.2) is 0 Å². The lowest BCUT2D eigenvalue weighted by molar-refractivity contribution is 0.00526. The number of halogens is 2. The van der Waals surface area contributed by atoms with E-state index in [9.17, 15) is 9.18 Å². The van der Waals surface area contributed by atoms with E-state index in [1.54, 1.807) is 0 Å². The van der Waals surface area contributed by atoms with Gasteiger partial charge in [0, 0.05) is 52.4 Å². The van der Waals surface area contributed by atoms with Crippen LogP contribution < -0.4 is 15.1 Å². The van der Waals surface area contributed by atoms with Crippen LogP contribution in [0.25, 0.3) is 54.8 Å². The summed E-state index contributed by atoms with van der Waals surface area (Å²) in [5.41, 5.74) is 4.03. The third kappa shape index (κ3) is 8.96. The number of thiophene rings is 1. The third-order valence-corrected chi connectivity index (χ3v) is 18.9. The van der Waals surface area contributed by atoms with E-state index in [0.29, 0.717) is 35.8 Å². The molecular formula is C54H58F2N6O4SSi. The van der Waals surface area contributed by atoms with Crippen LogP contribution >= 0.6 is 11.3 Å². The number of aromatic nitrogens is 5. The molecule has 0 aliphatic carbocycles.